The van der Waals surface area contributed by atoms with Gasteiger partial charge in [0.25, 0.3) is 0 Å². The molecular formula is C12H10BrNO3. The number of aliphatic carboxylic acids is 1. The van der Waals surface area contributed by atoms with Gasteiger partial charge in [0.1, 0.15) is 5.75 Å². The zero-order chi connectivity index (χ0) is 12.4. The number of hydrogen-bond acceptors (Lipinski definition) is 3. The molecule has 0 radical (unpaired) electrons. The van der Waals surface area contributed by atoms with E-state index in [0.717, 1.165) is 9.86 Å². The Hall–Kier alpha value is -1.62. The summed E-state index contributed by atoms with van der Waals surface area (Å²) in [4.78, 5) is 14.6. The van der Waals surface area contributed by atoms with Crippen molar-refractivity contribution in [3.63, 3.8) is 0 Å². The normalized spacial score (nSPS) is 10.6. The van der Waals surface area contributed by atoms with Crippen molar-refractivity contribution in [2.45, 2.75) is 12.8 Å². The van der Waals surface area contributed by atoms with Crippen molar-refractivity contribution in [1.29, 1.82) is 0 Å². The highest BCUT2D eigenvalue weighted by Crippen LogP contribution is 2.29. The number of carbonyl (C=O) groups is 1. The van der Waals surface area contributed by atoms with Gasteiger partial charge in [0.15, 0.2) is 0 Å². The standard InChI is InChI=1S/C12H10BrNO3/c13-8-2-1-7-6-14-10(3-4-11(15)16)12(17)9(7)5-8/h1-2,5-6,17H,3-4H2,(H,15,16). The first-order valence-corrected chi connectivity index (χ1v) is 5.85. The molecular weight excluding hydrogens is 286 g/mol. The number of carboxylic acids is 1. The number of aryl methyl sites for hydroxylation is 1. The van der Waals surface area contributed by atoms with E-state index < -0.39 is 5.97 Å². The van der Waals surface area contributed by atoms with E-state index in [9.17, 15) is 9.90 Å². The van der Waals surface area contributed by atoms with E-state index in [1.54, 1.807) is 12.3 Å². The fourth-order valence-corrected chi connectivity index (χ4v) is 1.98. The fraction of sp³-hybridized carbons (Fsp3) is 0.167. The average Bonchev–Trinajstić information content (AvgIpc) is 2.29. The number of pyridine rings is 1. The molecule has 0 spiro atoms. The first-order valence-electron chi connectivity index (χ1n) is 5.06. The van der Waals surface area contributed by atoms with Crippen LogP contribution in [-0.2, 0) is 11.2 Å². The Balaban J connectivity index is 2.45. The molecule has 0 aliphatic carbocycles. The third-order valence-corrected chi connectivity index (χ3v) is 2.97. The van der Waals surface area contributed by atoms with Crippen molar-refractivity contribution in [3.8, 4) is 5.75 Å². The number of rotatable bonds is 3. The number of nitrogens with zero attached hydrogens (tertiary/aromatic N) is 1. The summed E-state index contributed by atoms with van der Waals surface area (Å²) in [6, 6.07) is 5.49. The van der Waals surface area contributed by atoms with Gasteiger partial charge in [-0.1, -0.05) is 22.0 Å². The molecule has 0 saturated heterocycles. The Kier molecular flexibility index (Phi) is 3.28. The molecule has 0 amide bonds. The van der Waals surface area contributed by atoms with E-state index in [1.165, 1.54) is 0 Å². The highest BCUT2D eigenvalue weighted by atomic mass is 79.9. The number of fused-ring (bicyclic) bond motifs is 1. The lowest BCUT2D eigenvalue weighted by atomic mass is 10.1. The van der Waals surface area contributed by atoms with Crippen molar-refractivity contribution in [2.75, 3.05) is 0 Å². The smallest absolute Gasteiger partial charge is 0.303 e. The maximum Gasteiger partial charge on any atom is 0.303 e. The molecule has 1 heterocycles. The number of aromatic nitrogens is 1. The SMILES string of the molecule is O=C(O)CCc1ncc2ccc(Br)cc2c1O. The topological polar surface area (TPSA) is 70.4 Å². The van der Waals surface area contributed by atoms with Crippen LogP contribution < -0.4 is 0 Å². The van der Waals surface area contributed by atoms with Crippen molar-refractivity contribution in [3.05, 3.63) is 34.6 Å². The van der Waals surface area contributed by atoms with Gasteiger partial charge in [0, 0.05) is 27.9 Å². The second-order valence-corrected chi connectivity index (χ2v) is 4.59. The average molecular weight is 296 g/mol. The maximum atomic E-state index is 10.5. The third kappa shape index (κ3) is 2.55. The van der Waals surface area contributed by atoms with Crippen LogP contribution in [0.25, 0.3) is 10.8 Å². The number of aromatic hydroxyl groups is 1. The van der Waals surface area contributed by atoms with Crippen LogP contribution in [0.15, 0.2) is 28.9 Å². The second-order valence-electron chi connectivity index (χ2n) is 3.68. The lowest BCUT2D eigenvalue weighted by molar-refractivity contribution is -0.136. The van der Waals surface area contributed by atoms with Gasteiger partial charge in [0.05, 0.1) is 12.1 Å². The summed E-state index contributed by atoms with van der Waals surface area (Å²) in [6.45, 7) is 0. The van der Waals surface area contributed by atoms with E-state index in [4.69, 9.17) is 5.11 Å². The molecule has 0 saturated carbocycles. The summed E-state index contributed by atoms with van der Waals surface area (Å²) in [5.41, 5.74) is 0.415. The molecule has 17 heavy (non-hydrogen) atoms. The Morgan fingerprint density at radius 3 is 2.88 bits per heavy atom. The fourth-order valence-electron chi connectivity index (χ4n) is 1.62. The summed E-state index contributed by atoms with van der Waals surface area (Å²) < 4.78 is 0.857. The summed E-state index contributed by atoms with van der Waals surface area (Å²) >= 11 is 3.33. The Morgan fingerprint density at radius 2 is 2.18 bits per heavy atom. The zero-order valence-corrected chi connectivity index (χ0v) is 10.4. The third-order valence-electron chi connectivity index (χ3n) is 2.48. The zero-order valence-electron chi connectivity index (χ0n) is 8.85. The van der Waals surface area contributed by atoms with Crippen LogP contribution >= 0.6 is 15.9 Å². The van der Waals surface area contributed by atoms with E-state index in [1.807, 2.05) is 12.1 Å². The van der Waals surface area contributed by atoms with Crippen LogP contribution in [0.3, 0.4) is 0 Å². The van der Waals surface area contributed by atoms with Crippen LogP contribution in [0, 0.1) is 0 Å². The molecule has 0 bridgehead atoms. The van der Waals surface area contributed by atoms with E-state index in [0.29, 0.717) is 11.1 Å². The molecule has 0 atom stereocenters. The molecule has 0 unspecified atom stereocenters. The number of halogens is 1. The van der Waals surface area contributed by atoms with Crippen molar-refractivity contribution in [1.82, 2.24) is 4.98 Å². The predicted molar refractivity (Wildman–Crippen MR) is 67.1 cm³/mol. The minimum Gasteiger partial charge on any atom is -0.505 e. The first kappa shape index (κ1) is 11.9. The molecule has 88 valence electrons. The molecule has 0 fully saturated rings. The lowest BCUT2D eigenvalue weighted by Gasteiger charge is -2.06. The van der Waals surface area contributed by atoms with E-state index in [-0.39, 0.29) is 18.6 Å². The van der Waals surface area contributed by atoms with Crippen LogP contribution in [0.1, 0.15) is 12.1 Å². The summed E-state index contributed by atoms with van der Waals surface area (Å²) in [5, 5.41) is 20.1. The van der Waals surface area contributed by atoms with Crippen LogP contribution in [-0.4, -0.2) is 21.2 Å². The quantitative estimate of drug-likeness (QED) is 0.913. The molecule has 0 aliphatic rings. The largest absolute Gasteiger partial charge is 0.505 e. The molecule has 2 rings (SSSR count). The number of hydrogen-bond donors (Lipinski definition) is 2. The Bertz CT molecular complexity index is 583. The molecule has 4 nitrogen and oxygen atoms in total. The molecule has 2 N–H and O–H groups in total. The highest BCUT2D eigenvalue weighted by Gasteiger charge is 2.09. The molecule has 5 heteroatoms. The lowest BCUT2D eigenvalue weighted by Crippen LogP contribution is -1.99. The minimum absolute atomic E-state index is 0.0416. The van der Waals surface area contributed by atoms with Crippen molar-refractivity contribution >= 4 is 32.7 Å². The van der Waals surface area contributed by atoms with Crippen LogP contribution in [0.2, 0.25) is 0 Å². The summed E-state index contributed by atoms with van der Waals surface area (Å²) in [6.07, 6.45) is 1.82. The van der Waals surface area contributed by atoms with Crippen molar-refractivity contribution in [2.24, 2.45) is 0 Å². The van der Waals surface area contributed by atoms with Gasteiger partial charge in [-0.25, -0.2) is 0 Å². The van der Waals surface area contributed by atoms with Gasteiger partial charge in [0.2, 0.25) is 0 Å². The summed E-state index contributed by atoms with van der Waals surface area (Å²) in [7, 11) is 0. The summed E-state index contributed by atoms with van der Waals surface area (Å²) in [5.74, 6) is -0.842. The van der Waals surface area contributed by atoms with Gasteiger partial charge in [-0.2, -0.15) is 0 Å². The molecule has 2 aromatic rings. The van der Waals surface area contributed by atoms with Gasteiger partial charge in [-0.3, -0.25) is 9.78 Å². The first-order chi connectivity index (χ1) is 8.08. The predicted octanol–water partition coefficient (Wildman–Crippen LogP) is 2.72. The molecule has 1 aromatic carbocycles. The van der Waals surface area contributed by atoms with Gasteiger partial charge < -0.3 is 10.2 Å². The van der Waals surface area contributed by atoms with E-state index in [2.05, 4.69) is 20.9 Å². The maximum absolute atomic E-state index is 10.5. The van der Waals surface area contributed by atoms with Crippen LogP contribution in [0.5, 0.6) is 5.75 Å². The van der Waals surface area contributed by atoms with E-state index >= 15 is 0 Å². The minimum atomic E-state index is -0.902. The molecule has 1 aromatic heterocycles. The molecule has 0 aliphatic heterocycles. The highest BCUT2D eigenvalue weighted by molar-refractivity contribution is 9.10. The van der Waals surface area contributed by atoms with Gasteiger partial charge in [-0.15, -0.1) is 0 Å². The number of carboxylic acid groups (broad SMARTS) is 1. The van der Waals surface area contributed by atoms with Crippen LogP contribution in [0.4, 0.5) is 0 Å². The monoisotopic (exact) mass is 295 g/mol. The number of benzene rings is 1. The second kappa shape index (κ2) is 4.71. The van der Waals surface area contributed by atoms with Crippen molar-refractivity contribution < 1.29 is 15.0 Å². The Labute approximate surface area is 106 Å². The van der Waals surface area contributed by atoms with Gasteiger partial charge in [-0.05, 0) is 12.1 Å². The van der Waals surface area contributed by atoms with Gasteiger partial charge >= 0.3 is 5.97 Å². The Morgan fingerprint density at radius 1 is 1.41 bits per heavy atom.